The Bertz CT molecular complexity index is 1520. The minimum Gasteiger partial charge on any atom is -0.387 e. The molecule has 6 N–H and O–H groups in total. The highest BCUT2D eigenvalue weighted by Crippen LogP contribution is 2.55. The summed E-state index contributed by atoms with van der Waals surface area (Å²) in [7, 11) is -9.57. The fourth-order valence-electron chi connectivity index (χ4n) is 4.99. The van der Waals surface area contributed by atoms with Crippen LogP contribution in [0, 0.1) is 18.6 Å². The minimum atomic E-state index is -4.86. The van der Waals surface area contributed by atoms with Gasteiger partial charge in [0.15, 0.2) is 17.8 Å². The Morgan fingerprint density at radius 2 is 1.92 bits per heavy atom. The molecular weight excluding hydrogens is 564 g/mol. The quantitative estimate of drug-likeness (QED) is 0.209. The van der Waals surface area contributed by atoms with Crippen molar-refractivity contribution < 1.29 is 52.1 Å². The number of halogens is 2. The highest BCUT2D eigenvalue weighted by Gasteiger charge is 2.46. The average Bonchev–Trinajstić information content (AvgIpc) is 3.48. The number of anilines is 1. The van der Waals surface area contributed by atoms with E-state index in [0.717, 1.165) is 6.07 Å². The second-order valence-corrected chi connectivity index (χ2v) is 13.6. The molecule has 1 aliphatic heterocycles. The molecular formula is C22H26F2N4O9P2. The van der Waals surface area contributed by atoms with Gasteiger partial charge in [-0.2, -0.15) is 5.10 Å². The number of nitrogens with one attached hydrogen (secondary N) is 1. The monoisotopic (exact) mass is 590 g/mol. The van der Waals surface area contributed by atoms with E-state index in [4.69, 9.17) is 19.0 Å². The molecule has 0 radical (unpaired) electrons. The Hall–Kier alpha value is -2.32. The molecule has 1 fully saturated rings. The molecule has 212 valence electrons. The molecule has 0 spiro atoms. The molecule has 1 saturated heterocycles. The van der Waals surface area contributed by atoms with Crippen LogP contribution in [-0.4, -0.2) is 70.5 Å². The van der Waals surface area contributed by atoms with Crippen molar-refractivity contribution in [2.24, 2.45) is 0 Å². The maximum Gasteiger partial charge on any atom is 0.340 e. The van der Waals surface area contributed by atoms with Gasteiger partial charge in [-0.25, -0.2) is 18.4 Å². The van der Waals surface area contributed by atoms with Crippen molar-refractivity contribution in [3.05, 3.63) is 52.9 Å². The zero-order valence-electron chi connectivity index (χ0n) is 20.4. The molecule has 1 aromatic carbocycles. The van der Waals surface area contributed by atoms with E-state index in [1.165, 1.54) is 16.9 Å². The summed E-state index contributed by atoms with van der Waals surface area (Å²) in [5, 5.41) is 29.1. The van der Waals surface area contributed by atoms with Crippen molar-refractivity contribution in [2.45, 2.75) is 50.3 Å². The van der Waals surface area contributed by atoms with E-state index in [1.54, 1.807) is 13.0 Å². The van der Waals surface area contributed by atoms with Gasteiger partial charge in [-0.05, 0) is 37.5 Å². The number of pyridine rings is 1. The van der Waals surface area contributed by atoms with Crippen molar-refractivity contribution in [3.63, 3.8) is 0 Å². The molecule has 39 heavy (non-hydrogen) atoms. The summed E-state index contributed by atoms with van der Waals surface area (Å²) in [6.45, 7) is 0.964. The molecule has 13 nitrogen and oxygen atoms in total. The van der Waals surface area contributed by atoms with Gasteiger partial charge >= 0.3 is 15.2 Å². The molecule has 0 bridgehead atoms. The molecule has 6 atom stereocenters. The molecule has 3 heterocycles. The van der Waals surface area contributed by atoms with Crippen LogP contribution in [0.25, 0.3) is 11.0 Å². The zero-order valence-corrected chi connectivity index (χ0v) is 22.2. The molecule has 3 aromatic rings. The number of ether oxygens (including phenoxy) is 1. The summed E-state index contributed by atoms with van der Waals surface area (Å²) >= 11 is 0. The molecule has 1 aliphatic carbocycles. The molecule has 2 unspecified atom stereocenters. The van der Waals surface area contributed by atoms with Crippen LogP contribution in [0.1, 0.15) is 35.5 Å². The Morgan fingerprint density at radius 3 is 2.64 bits per heavy atom. The van der Waals surface area contributed by atoms with Crippen LogP contribution in [0.2, 0.25) is 0 Å². The van der Waals surface area contributed by atoms with Gasteiger partial charge in [-0.3, -0.25) is 9.13 Å². The average molecular weight is 590 g/mol. The van der Waals surface area contributed by atoms with Crippen molar-refractivity contribution in [2.75, 3.05) is 17.8 Å². The van der Waals surface area contributed by atoms with Gasteiger partial charge in [0.05, 0.1) is 24.2 Å². The van der Waals surface area contributed by atoms with Crippen molar-refractivity contribution in [1.82, 2.24) is 14.8 Å². The first kappa shape index (κ1) is 28.2. The first-order valence-electron chi connectivity index (χ1n) is 11.8. The maximum atomic E-state index is 14.6. The summed E-state index contributed by atoms with van der Waals surface area (Å²) in [6, 6.07) is 3.45. The van der Waals surface area contributed by atoms with Crippen LogP contribution in [0.3, 0.4) is 0 Å². The van der Waals surface area contributed by atoms with Gasteiger partial charge in [0.25, 0.3) is 0 Å². The number of aromatic nitrogens is 3. The van der Waals surface area contributed by atoms with E-state index in [9.17, 15) is 33.0 Å². The number of hydrogen-bond acceptors (Lipinski definition) is 9. The summed E-state index contributed by atoms with van der Waals surface area (Å²) in [5.74, 6) is -2.70. The number of nitrogens with zero attached hydrogens (tertiary/aromatic N) is 3. The Labute approximate surface area is 220 Å². The third kappa shape index (κ3) is 5.78. The highest BCUT2D eigenvalue weighted by molar-refractivity contribution is 7.70. The fourth-order valence-corrected chi connectivity index (χ4v) is 7.56. The predicted octanol–water partition coefficient (Wildman–Crippen LogP) is 2.07. The van der Waals surface area contributed by atoms with Gasteiger partial charge in [-0.1, -0.05) is 0 Å². The predicted molar refractivity (Wildman–Crippen MR) is 132 cm³/mol. The third-order valence-electron chi connectivity index (χ3n) is 6.64. The molecule has 2 aromatic heterocycles. The normalized spacial score (nSPS) is 26.6. The summed E-state index contributed by atoms with van der Waals surface area (Å²) in [6.07, 6.45) is -3.32. The van der Waals surface area contributed by atoms with E-state index in [-0.39, 0.29) is 5.65 Å². The first-order valence-corrected chi connectivity index (χ1v) is 15.4. The standard InChI is InChI=1S/C22H26F2N4O9P2/c1-10-4-16(27-15-3-2-11-5-12(23)6-14(24)18(11)15)13-7-25-28(21(13)26-10)22-20(30)19(29)17(37-22)8-36-39(34,35)9-38(31,32)33/h4-7,15,17,19-20,22,29-30H,2-3,8-9H2,1H3,(H,26,27)(H,34,35)(H2,31,32,33)/t15?,17-,19-,20-,22-/m1/s1. The Morgan fingerprint density at radius 1 is 1.18 bits per heavy atom. The summed E-state index contributed by atoms with van der Waals surface area (Å²) < 4.78 is 62.8. The lowest BCUT2D eigenvalue weighted by atomic mass is 10.1. The van der Waals surface area contributed by atoms with Gasteiger partial charge in [0.2, 0.25) is 0 Å². The second-order valence-electron chi connectivity index (χ2n) is 9.62. The molecule has 2 aliphatic rings. The van der Waals surface area contributed by atoms with Gasteiger partial charge in [-0.15, -0.1) is 0 Å². The smallest absolute Gasteiger partial charge is 0.340 e. The lowest BCUT2D eigenvalue weighted by Gasteiger charge is -2.19. The number of aliphatic hydroxyl groups is 2. The number of aryl methyl sites for hydroxylation is 2. The van der Waals surface area contributed by atoms with Crippen molar-refractivity contribution >= 4 is 31.9 Å². The number of hydrogen-bond donors (Lipinski definition) is 6. The van der Waals surface area contributed by atoms with E-state index in [1.807, 2.05) is 0 Å². The molecule has 0 amide bonds. The lowest BCUT2D eigenvalue weighted by Crippen LogP contribution is -2.33. The van der Waals surface area contributed by atoms with Crippen LogP contribution in [-0.2, 0) is 24.8 Å². The number of benzene rings is 1. The zero-order chi connectivity index (χ0) is 28.3. The molecule has 5 rings (SSSR count). The van der Waals surface area contributed by atoms with Gasteiger partial charge in [0.1, 0.15) is 29.9 Å². The highest BCUT2D eigenvalue weighted by atomic mass is 31.2. The topological polar surface area (TPSA) is 196 Å². The van der Waals surface area contributed by atoms with E-state index in [0.29, 0.717) is 40.7 Å². The van der Waals surface area contributed by atoms with Gasteiger partial charge in [0, 0.05) is 23.0 Å². The Kier molecular flexibility index (Phi) is 7.42. The van der Waals surface area contributed by atoms with E-state index < -0.39 is 69.9 Å². The van der Waals surface area contributed by atoms with Crippen LogP contribution < -0.4 is 5.32 Å². The van der Waals surface area contributed by atoms with Crippen LogP contribution in [0.4, 0.5) is 14.5 Å². The van der Waals surface area contributed by atoms with Crippen molar-refractivity contribution in [3.8, 4) is 0 Å². The Balaban J connectivity index is 1.38. The maximum absolute atomic E-state index is 14.6. The summed E-state index contributed by atoms with van der Waals surface area (Å²) in [4.78, 5) is 32.0. The largest absolute Gasteiger partial charge is 0.387 e. The molecule has 0 saturated carbocycles. The summed E-state index contributed by atoms with van der Waals surface area (Å²) in [5.41, 5.74) is 2.31. The SMILES string of the molecule is Cc1cc(NC2CCc3cc(F)cc(F)c32)c2cnn([C@@H]3O[C@H](COP(=O)(O)CP(=O)(O)O)[C@@H](O)[C@H]3O)c2n1. The van der Waals surface area contributed by atoms with Crippen LogP contribution in [0.5, 0.6) is 0 Å². The lowest BCUT2D eigenvalue weighted by molar-refractivity contribution is -0.0541. The second kappa shape index (κ2) is 10.3. The third-order valence-corrected chi connectivity index (χ3v) is 10.1. The number of rotatable bonds is 8. The minimum absolute atomic E-state index is 0.252. The van der Waals surface area contributed by atoms with E-state index in [2.05, 4.69) is 15.4 Å². The number of aliphatic hydroxyl groups excluding tert-OH is 2. The van der Waals surface area contributed by atoms with Crippen molar-refractivity contribution in [1.29, 1.82) is 0 Å². The van der Waals surface area contributed by atoms with Crippen LogP contribution >= 0.6 is 15.2 Å². The fraction of sp³-hybridized carbons (Fsp3) is 0.455. The molecule has 17 heteroatoms. The first-order chi connectivity index (χ1) is 18.2. The van der Waals surface area contributed by atoms with Crippen LogP contribution in [0.15, 0.2) is 24.4 Å². The van der Waals surface area contributed by atoms with Gasteiger partial charge < -0.3 is 39.5 Å². The number of fused-ring (bicyclic) bond motifs is 2. The van der Waals surface area contributed by atoms with E-state index >= 15 is 0 Å².